The van der Waals surface area contributed by atoms with Crippen LogP contribution in [0.3, 0.4) is 0 Å². The van der Waals surface area contributed by atoms with E-state index >= 15 is 0 Å². The van der Waals surface area contributed by atoms with Gasteiger partial charge >= 0.3 is 0 Å². The second-order valence-corrected chi connectivity index (χ2v) is 4.45. The summed E-state index contributed by atoms with van der Waals surface area (Å²) in [7, 11) is 3.98. The lowest BCUT2D eigenvalue weighted by molar-refractivity contribution is -0.385. The Labute approximate surface area is 113 Å². The van der Waals surface area contributed by atoms with Crippen molar-refractivity contribution in [3.05, 3.63) is 33.9 Å². The summed E-state index contributed by atoms with van der Waals surface area (Å²) in [5.41, 5.74) is 0.798. The van der Waals surface area contributed by atoms with Gasteiger partial charge in [0.05, 0.1) is 4.92 Å². The van der Waals surface area contributed by atoms with E-state index in [4.69, 9.17) is 5.26 Å². The number of anilines is 1. The smallest absolute Gasteiger partial charge is 0.287 e. The Balaban J connectivity index is 3.00. The Bertz CT molecular complexity index is 494. The van der Waals surface area contributed by atoms with Gasteiger partial charge in [-0.15, -0.1) is 0 Å². The fourth-order valence-electron chi connectivity index (χ4n) is 1.76. The fraction of sp³-hybridized carbons (Fsp3) is 0.462. The predicted octanol–water partition coefficient (Wildman–Crippen LogP) is 1.85. The zero-order valence-electron chi connectivity index (χ0n) is 11.5. The lowest BCUT2D eigenvalue weighted by atomic mass is 10.1. The Morgan fingerprint density at radius 3 is 2.53 bits per heavy atom. The van der Waals surface area contributed by atoms with Crippen LogP contribution in [0, 0.1) is 21.4 Å². The maximum absolute atomic E-state index is 10.8. The number of benzene rings is 1. The third-order valence-electron chi connectivity index (χ3n) is 2.86. The van der Waals surface area contributed by atoms with E-state index < -0.39 is 4.92 Å². The van der Waals surface area contributed by atoms with Crippen molar-refractivity contribution in [1.82, 2.24) is 4.90 Å². The number of hydrogen-bond donors (Lipinski definition) is 0. The first-order valence-corrected chi connectivity index (χ1v) is 6.07. The van der Waals surface area contributed by atoms with Gasteiger partial charge in [0, 0.05) is 31.4 Å². The minimum atomic E-state index is -0.529. The van der Waals surface area contributed by atoms with Gasteiger partial charge in [-0.1, -0.05) is 0 Å². The second-order valence-electron chi connectivity index (χ2n) is 4.45. The molecule has 0 aliphatic rings. The Kier molecular flexibility index (Phi) is 5.27. The molecule has 0 saturated carbocycles. The molecule has 0 spiro atoms. The van der Waals surface area contributed by atoms with Gasteiger partial charge in [-0.05, 0) is 33.2 Å². The largest absolute Gasteiger partial charge is 0.370 e. The van der Waals surface area contributed by atoms with Gasteiger partial charge in [-0.2, -0.15) is 5.26 Å². The van der Waals surface area contributed by atoms with E-state index in [9.17, 15) is 10.1 Å². The van der Waals surface area contributed by atoms with E-state index in [1.54, 1.807) is 12.1 Å². The number of nitrogens with zero attached hydrogens (tertiary/aromatic N) is 4. The van der Waals surface area contributed by atoms with Crippen LogP contribution in [0.5, 0.6) is 0 Å². The average molecular weight is 262 g/mol. The first kappa shape index (κ1) is 14.9. The fourth-order valence-corrected chi connectivity index (χ4v) is 1.76. The molecular weight excluding hydrogens is 244 g/mol. The van der Waals surface area contributed by atoms with Crippen molar-refractivity contribution in [3.63, 3.8) is 0 Å². The molecule has 1 aromatic carbocycles. The summed E-state index contributed by atoms with van der Waals surface area (Å²) >= 11 is 0. The van der Waals surface area contributed by atoms with Crippen LogP contribution < -0.4 is 4.90 Å². The van der Waals surface area contributed by atoms with Crippen LogP contribution in [0.25, 0.3) is 0 Å². The van der Waals surface area contributed by atoms with Crippen molar-refractivity contribution in [2.75, 3.05) is 38.6 Å². The lowest BCUT2D eigenvalue weighted by Crippen LogP contribution is -2.31. The quantitative estimate of drug-likeness (QED) is 0.578. The van der Waals surface area contributed by atoms with Gasteiger partial charge in [0.2, 0.25) is 0 Å². The van der Waals surface area contributed by atoms with Crippen molar-refractivity contribution in [2.45, 2.75) is 6.92 Å². The maximum atomic E-state index is 10.8. The maximum Gasteiger partial charge on any atom is 0.287 e. The number of nitro groups is 1. The van der Waals surface area contributed by atoms with Crippen molar-refractivity contribution in [2.24, 2.45) is 0 Å². The zero-order chi connectivity index (χ0) is 14.4. The van der Waals surface area contributed by atoms with E-state index in [1.807, 2.05) is 27.1 Å². The number of rotatable bonds is 6. The molecule has 0 aliphatic heterocycles. The third kappa shape index (κ3) is 3.93. The number of hydrogen-bond acceptors (Lipinski definition) is 5. The summed E-state index contributed by atoms with van der Waals surface area (Å²) < 4.78 is 0. The highest BCUT2D eigenvalue weighted by molar-refractivity contribution is 5.59. The minimum Gasteiger partial charge on any atom is -0.370 e. The van der Waals surface area contributed by atoms with Crippen LogP contribution in [0.15, 0.2) is 18.2 Å². The van der Waals surface area contributed by atoms with E-state index in [0.717, 1.165) is 25.3 Å². The molecule has 6 nitrogen and oxygen atoms in total. The van der Waals surface area contributed by atoms with Crippen LogP contribution in [0.1, 0.15) is 12.5 Å². The lowest BCUT2D eigenvalue weighted by Gasteiger charge is -2.24. The second kappa shape index (κ2) is 6.71. The van der Waals surface area contributed by atoms with Gasteiger partial charge in [-0.25, -0.2) is 0 Å². The third-order valence-corrected chi connectivity index (χ3v) is 2.86. The van der Waals surface area contributed by atoms with E-state index in [-0.39, 0.29) is 11.3 Å². The normalized spacial score (nSPS) is 10.3. The zero-order valence-corrected chi connectivity index (χ0v) is 11.5. The molecule has 0 aromatic heterocycles. The molecule has 1 rings (SSSR count). The monoisotopic (exact) mass is 262 g/mol. The van der Waals surface area contributed by atoms with E-state index in [0.29, 0.717) is 0 Å². The highest BCUT2D eigenvalue weighted by Crippen LogP contribution is 2.24. The highest BCUT2D eigenvalue weighted by atomic mass is 16.6. The Morgan fingerprint density at radius 1 is 1.37 bits per heavy atom. The van der Waals surface area contributed by atoms with Crippen molar-refractivity contribution in [1.29, 1.82) is 5.26 Å². The van der Waals surface area contributed by atoms with E-state index in [2.05, 4.69) is 9.80 Å². The molecule has 0 heterocycles. The average Bonchev–Trinajstić information content (AvgIpc) is 2.38. The SMILES string of the molecule is CCN(CCN(C)C)c1ccc([N+](=O)[O-])c(C#N)c1. The molecule has 0 bridgehead atoms. The minimum absolute atomic E-state index is 0.103. The summed E-state index contributed by atoms with van der Waals surface area (Å²) in [6.07, 6.45) is 0. The molecular formula is C13H18N4O2. The molecule has 19 heavy (non-hydrogen) atoms. The summed E-state index contributed by atoms with van der Waals surface area (Å²) in [4.78, 5) is 14.4. The highest BCUT2D eigenvalue weighted by Gasteiger charge is 2.15. The first-order chi connectivity index (χ1) is 8.99. The van der Waals surface area contributed by atoms with Gasteiger partial charge in [0.25, 0.3) is 5.69 Å². The van der Waals surface area contributed by atoms with Gasteiger partial charge < -0.3 is 9.80 Å². The van der Waals surface area contributed by atoms with Crippen LogP contribution in [0.2, 0.25) is 0 Å². The molecule has 1 aromatic rings. The van der Waals surface area contributed by atoms with E-state index in [1.165, 1.54) is 6.07 Å². The summed E-state index contributed by atoms with van der Waals surface area (Å²) in [6.45, 7) is 4.50. The standard InChI is InChI=1S/C13H18N4O2/c1-4-16(8-7-15(2)3)12-5-6-13(17(18)19)11(9-12)10-14/h5-6,9H,4,7-8H2,1-3H3. The van der Waals surface area contributed by atoms with Gasteiger partial charge in [-0.3, -0.25) is 10.1 Å². The van der Waals surface area contributed by atoms with Crippen molar-refractivity contribution >= 4 is 11.4 Å². The molecule has 0 unspecified atom stereocenters. The Morgan fingerprint density at radius 2 is 2.05 bits per heavy atom. The van der Waals surface area contributed by atoms with Crippen LogP contribution >= 0.6 is 0 Å². The number of likely N-dealkylation sites (N-methyl/N-ethyl adjacent to an activating group) is 2. The van der Waals surface area contributed by atoms with Gasteiger partial charge in [0.15, 0.2) is 0 Å². The summed E-state index contributed by atoms with van der Waals surface area (Å²) in [5, 5.41) is 19.8. The van der Waals surface area contributed by atoms with Crippen LogP contribution in [-0.2, 0) is 0 Å². The molecule has 0 atom stereocenters. The summed E-state index contributed by atoms with van der Waals surface area (Å²) in [6, 6.07) is 6.55. The Hall–Kier alpha value is -2.13. The molecule has 0 amide bonds. The van der Waals surface area contributed by atoms with Crippen molar-refractivity contribution in [3.8, 4) is 6.07 Å². The molecule has 6 heteroatoms. The predicted molar refractivity (Wildman–Crippen MR) is 74.3 cm³/mol. The van der Waals surface area contributed by atoms with Crippen molar-refractivity contribution < 1.29 is 4.92 Å². The first-order valence-electron chi connectivity index (χ1n) is 6.07. The van der Waals surface area contributed by atoms with Crippen LogP contribution in [-0.4, -0.2) is 43.6 Å². The molecule has 102 valence electrons. The molecule has 0 N–H and O–H groups in total. The number of nitriles is 1. The topological polar surface area (TPSA) is 73.4 Å². The summed E-state index contributed by atoms with van der Waals surface area (Å²) in [5.74, 6) is 0. The number of nitro benzene ring substituents is 1. The molecule has 0 radical (unpaired) electrons. The van der Waals surface area contributed by atoms with Gasteiger partial charge in [0.1, 0.15) is 11.6 Å². The molecule has 0 saturated heterocycles. The molecule has 0 fully saturated rings. The van der Waals surface area contributed by atoms with Crippen LogP contribution in [0.4, 0.5) is 11.4 Å². The molecule has 0 aliphatic carbocycles.